The van der Waals surface area contributed by atoms with Crippen LogP contribution >= 0.6 is 0 Å². The Kier molecular flexibility index (Phi) is 22.2. The molecule has 0 N–H and O–H groups in total. The topological polar surface area (TPSA) is 0 Å². The second-order valence-electron chi connectivity index (χ2n) is 7.47. The molecule has 0 saturated heterocycles. The zero-order chi connectivity index (χ0) is 27.4. The molecule has 0 fully saturated rings. The van der Waals surface area contributed by atoms with Gasteiger partial charge in [-0.3, -0.25) is 0 Å². The molecule has 0 aromatic heterocycles. The number of hydrogen-bond acceptors (Lipinski definition) is 0. The fourth-order valence-electron chi connectivity index (χ4n) is 3.08. The Balaban J connectivity index is -0.00000108. The number of aryl methyl sites for hydroxylation is 2. The van der Waals surface area contributed by atoms with Crippen molar-refractivity contribution < 1.29 is 0 Å². The van der Waals surface area contributed by atoms with Gasteiger partial charge in [-0.25, -0.2) is 0 Å². The minimum atomic E-state index is 0.873. The van der Waals surface area contributed by atoms with Crippen LogP contribution in [0.15, 0.2) is 72.9 Å². The van der Waals surface area contributed by atoms with Crippen LogP contribution in [0.3, 0.4) is 0 Å². The summed E-state index contributed by atoms with van der Waals surface area (Å²) >= 11 is 0. The van der Waals surface area contributed by atoms with E-state index in [2.05, 4.69) is 89.9 Å². The molecular weight excluding hydrogens is 408 g/mol. The van der Waals surface area contributed by atoms with Gasteiger partial charge < -0.3 is 0 Å². The summed E-state index contributed by atoms with van der Waals surface area (Å²) in [5.41, 5.74) is 12.1. The molecular formula is C34H54. The van der Waals surface area contributed by atoms with Gasteiger partial charge in [0.15, 0.2) is 0 Å². The monoisotopic (exact) mass is 462 g/mol. The summed E-state index contributed by atoms with van der Waals surface area (Å²) in [6, 6.07) is 13.2. The number of benzene rings is 2. The highest BCUT2D eigenvalue weighted by Crippen LogP contribution is 2.30. The predicted molar refractivity (Wildman–Crippen MR) is 164 cm³/mol. The molecule has 0 bridgehead atoms. The average molecular weight is 463 g/mol. The van der Waals surface area contributed by atoms with Crippen molar-refractivity contribution in [1.82, 2.24) is 0 Å². The van der Waals surface area contributed by atoms with Crippen molar-refractivity contribution in [3.05, 3.63) is 95.1 Å². The third-order valence-electron chi connectivity index (χ3n) is 4.67. The first-order valence-electron chi connectivity index (χ1n) is 13.1. The molecule has 0 unspecified atom stereocenters. The molecule has 2 aromatic rings. The Morgan fingerprint density at radius 1 is 0.706 bits per heavy atom. The van der Waals surface area contributed by atoms with Gasteiger partial charge in [0.1, 0.15) is 0 Å². The Morgan fingerprint density at radius 2 is 1.18 bits per heavy atom. The second kappa shape index (κ2) is 21.0. The van der Waals surface area contributed by atoms with E-state index in [1.165, 1.54) is 39.0 Å². The maximum atomic E-state index is 4.13. The standard InChI is InChI=1S/C26H30.4C2H6/c1-17(2)13-24(19(5)6)16-25-14-21(8)26(15-20(25)7)23-11-9-22(10-12-23)18(3)4;4*1-2/h9-12,14-16H,1,3,5,13H2,2,4,6-8H3;4*1-2H3/b24-16+;;;;. The Bertz CT molecular complexity index is 886. The lowest BCUT2D eigenvalue weighted by Crippen LogP contribution is -1.92. The molecule has 2 rings (SSSR count). The lowest BCUT2D eigenvalue weighted by atomic mass is 9.92. The third kappa shape index (κ3) is 12.6. The number of rotatable bonds is 6. The van der Waals surface area contributed by atoms with E-state index < -0.39 is 0 Å². The minimum absolute atomic E-state index is 0.873. The van der Waals surface area contributed by atoms with E-state index in [4.69, 9.17) is 0 Å². The van der Waals surface area contributed by atoms with Crippen LogP contribution in [0.4, 0.5) is 0 Å². The SMILES string of the molecule is C=C(C)C/C(=C\c1cc(C)c(-c2ccc(C(=C)C)cc2)cc1C)C(=C)C.CC.CC.CC.CC. The molecule has 0 spiro atoms. The van der Waals surface area contributed by atoms with Gasteiger partial charge in [-0.05, 0) is 80.0 Å². The molecule has 0 heterocycles. The predicted octanol–water partition coefficient (Wildman–Crippen LogP) is 12.0. The summed E-state index contributed by atoms with van der Waals surface area (Å²) in [4.78, 5) is 0. The quantitative estimate of drug-likeness (QED) is 0.296. The van der Waals surface area contributed by atoms with Gasteiger partial charge in [0, 0.05) is 0 Å². The molecule has 190 valence electrons. The fourth-order valence-corrected chi connectivity index (χ4v) is 3.08. The highest BCUT2D eigenvalue weighted by molar-refractivity contribution is 5.74. The van der Waals surface area contributed by atoms with E-state index in [9.17, 15) is 0 Å². The van der Waals surface area contributed by atoms with Gasteiger partial charge in [0.2, 0.25) is 0 Å². The normalized spacial score (nSPS) is 9.38. The summed E-state index contributed by atoms with van der Waals surface area (Å²) in [5, 5.41) is 0. The van der Waals surface area contributed by atoms with Gasteiger partial charge in [0.05, 0.1) is 0 Å². The van der Waals surface area contributed by atoms with Crippen LogP contribution < -0.4 is 0 Å². The van der Waals surface area contributed by atoms with Gasteiger partial charge in [0.25, 0.3) is 0 Å². The van der Waals surface area contributed by atoms with E-state index in [-0.39, 0.29) is 0 Å². The second-order valence-corrected chi connectivity index (χ2v) is 7.47. The highest BCUT2D eigenvalue weighted by atomic mass is 14.1. The van der Waals surface area contributed by atoms with E-state index in [1.807, 2.05) is 62.3 Å². The lowest BCUT2D eigenvalue weighted by molar-refractivity contribution is 1.13. The molecule has 0 radical (unpaired) electrons. The van der Waals surface area contributed by atoms with Crippen molar-refractivity contribution in [3.8, 4) is 11.1 Å². The lowest BCUT2D eigenvalue weighted by Gasteiger charge is -2.13. The van der Waals surface area contributed by atoms with Crippen molar-refractivity contribution in [2.75, 3.05) is 0 Å². The van der Waals surface area contributed by atoms with E-state index in [0.29, 0.717) is 0 Å². The minimum Gasteiger partial charge on any atom is -0.0998 e. The Labute approximate surface area is 214 Å². The summed E-state index contributed by atoms with van der Waals surface area (Å²) in [6.45, 7) is 38.7. The number of hydrogen-bond donors (Lipinski definition) is 0. The molecule has 34 heavy (non-hydrogen) atoms. The van der Waals surface area contributed by atoms with Crippen LogP contribution in [-0.4, -0.2) is 0 Å². The Morgan fingerprint density at radius 3 is 1.56 bits per heavy atom. The van der Waals surface area contributed by atoms with Crippen LogP contribution in [0, 0.1) is 13.8 Å². The van der Waals surface area contributed by atoms with E-state index in [0.717, 1.165) is 23.1 Å². The summed E-state index contributed by atoms with van der Waals surface area (Å²) in [5.74, 6) is 0. The fraction of sp³-hybridized carbons (Fsp3) is 0.412. The molecule has 0 saturated carbocycles. The Hall–Kier alpha value is -2.60. The van der Waals surface area contributed by atoms with Crippen molar-refractivity contribution in [2.45, 2.75) is 96.4 Å². The molecule has 0 amide bonds. The average Bonchev–Trinajstić information content (AvgIpc) is 2.85. The molecule has 2 aromatic carbocycles. The van der Waals surface area contributed by atoms with Gasteiger partial charge in [-0.1, -0.05) is 134 Å². The highest BCUT2D eigenvalue weighted by Gasteiger charge is 2.08. The molecule has 0 atom stereocenters. The van der Waals surface area contributed by atoms with Crippen LogP contribution in [0.5, 0.6) is 0 Å². The number of allylic oxidation sites excluding steroid dienone is 4. The van der Waals surface area contributed by atoms with Crippen molar-refractivity contribution in [3.63, 3.8) is 0 Å². The maximum absolute atomic E-state index is 4.13. The summed E-state index contributed by atoms with van der Waals surface area (Å²) in [6.07, 6.45) is 3.13. The van der Waals surface area contributed by atoms with Crippen molar-refractivity contribution >= 4 is 11.6 Å². The van der Waals surface area contributed by atoms with Gasteiger partial charge >= 0.3 is 0 Å². The molecule has 0 aliphatic heterocycles. The van der Waals surface area contributed by atoms with E-state index in [1.54, 1.807) is 0 Å². The van der Waals surface area contributed by atoms with Crippen LogP contribution in [0.2, 0.25) is 0 Å². The summed E-state index contributed by atoms with van der Waals surface area (Å²) < 4.78 is 0. The van der Waals surface area contributed by atoms with Crippen molar-refractivity contribution in [2.24, 2.45) is 0 Å². The zero-order valence-corrected chi connectivity index (χ0v) is 24.9. The largest absolute Gasteiger partial charge is 0.0998 e. The van der Waals surface area contributed by atoms with Crippen LogP contribution in [-0.2, 0) is 0 Å². The van der Waals surface area contributed by atoms with E-state index >= 15 is 0 Å². The molecule has 0 aliphatic rings. The first-order chi connectivity index (χ1) is 16.2. The van der Waals surface area contributed by atoms with Crippen LogP contribution in [0.25, 0.3) is 22.8 Å². The summed E-state index contributed by atoms with van der Waals surface area (Å²) in [7, 11) is 0. The first-order valence-corrected chi connectivity index (χ1v) is 13.1. The smallest absolute Gasteiger partial charge is 0.00699 e. The van der Waals surface area contributed by atoms with Crippen LogP contribution in [0.1, 0.15) is 105 Å². The molecule has 0 aliphatic carbocycles. The first kappa shape index (κ1) is 36.0. The zero-order valence-electron chi connectivity index (χ0n) is 24.9. The van der Waals surface area contributed by atoms with Gasteiger partial charge in [-0.2, -0.15) is 0 Å². The van der Waals surface area contributed by atoms with Gasteiger partial charge in [-0.15, -0.1) is 0 Å². The molecule has 0 heteroatoms. The third-order valence-corrected chi connectivity index (χ3v) is 4.67. The maximum Gasteiger partial charge on any atom is -0.00699 e. The molecule has 0 nitrogen and oxygen atoms in total. The van der Waals surface area contributed by atoms with Crippen molar-refractivity contribution in [1.29, 1.82) is 0 Å².